The summed E-state index contributed by atoms with van der Waals surface area (Å²) in [7, 11) is 0. The van der Waals surface area contributed by atoms with Gasteiger partial charge < -0.3 is 20.1 Å². The van der Waals surface area contributed by atoms with Crippen LogP contribution in [0.2, 0.25) is 0 Å². The van der Waals surface area contributed by atoms with Gasteiger partial charge in [-0.2, -0.15) is 4.98 Å². The highest BCUT2D eigenvalue weighted by Crippen LogP contribution is 2.34. The molecule has 28 heavy (non-hydrogen) atoms. The van der Waals surface area contributed by atoms with Crippen LogP contribution in [-0.2, 0) is 4.79 Å². The van der Waals surface area contributed by atoms with E-state index in [9.17, 15) is 4.79 Å². The zero-order valence-electron chi connectivity index (χ0n) is 15.5. The fourth-order valence-corrected chi connectivity index (χ4v) is 2.88. The summed E-state index contributed by atoms with van der Waals surface area (Å²) in [6, 6.07) is 7.30. The summed E-state index contributed by atoms with van der Waals surface area (Å²) >= 11 is 0. The number of rotatable bonds is 6. The maximum Gasteiger partial charge on any atom is 0.239 e. The predicted octanol–water partition coefficient (Wildman–Crippen LogP) is 1.99. The molecule has 9 heteroatoms. The summed E-state index contributed by atoms with van der Waals surface area (Å²) in [5, 5.41) is 5.92. The lowest BCUT2D eigenvalue weighted by Gasteiger charge is -2.15. The second-order valence-corrected chi connectivity index (χ2v) is 6.42. The van der Waals surface area contributed by atoms with Crippen molar-refractivity contribution in [1.82, 2.24) is 24.8 Å². The third-order valence-electron chi connectivity index (χ3n) is 4.29. The lowest BCUT2D eigenvalue weighted by atomic mass is 10.1. The highest BCUT2D eigenvalue weighted by molar-refractivity contribution is 5.80. The topological polar surface area (TPSA) is 103 Å². The fourth-order valence-electron chi connectivity index (χ4n) is 2.88. The van der Waals surface area contributed by atoms with Gasteiger partial charge in [0.2, 0.25) is 18.6 Å². The first-order valence-electron chi connectivity index (χ1n) is 8.85. The number of benzene rings is 1. The van der Waals surface area contributed by atoms with Crippen molar-refractivity contribution in [3.05, 3.63) is 54.2 Å². The maximum absolute atomic E-state index is 12.3. The van der Waals surface area contributed by atoms with Crippen LogP contribution in [0.1, 0.15) is 24.2 Å². The van der Waals surface area contributed by atoms with Gasteiger partial charge in [0.15, 0.2) is 11.5 Å². The van der Waals surface area contributed by atoms with Crippen LogP contribution in [0.4, 0.5) is 5.95 Å². The second kappa shape index (κ2) is 7.55. The molecule has 3 aromatic rings. The number of carbonyl (C=O) groups is 1. The van der Waals surface area contributed by atoms with Crippen LogP contribution in [0.25, 0.3) is 5.82 Å². The molecule has 1 atom stereocenters. The summed E-state index contributed by atoms with van der Waals surface area (Å²) in [6.45, 7) is 4.06. The summed E-state index contributed by atoms with van der Waals surface area (Å²) in [5.74, 6) is 2.31. The molecule has 2 N–H and O–H groups in total. The van der Waals surface area contributed by atoms with E-state index in [0.29, 0.717) is 23.3 Å². The molecule has 1 aliphatic rings. The zero-order valence-corrected chi connectivity index (χ0v) is 15.5. The normalized spacial score (nSPS) is 13.2. The average molecular weight is 380 g/mol. The molecule has 9 nitrogen and oxygen atoms in total. The second-order valence-electron chi connectivity index (χ2n) is 6.42. The highest BCUT2D eigenvalue weighted by Gasteiger charge is 2.17. The number of aryl methyl sites for hydroxylation is 1. The summed E-state index contributed by atoms with van der Waals surface area (Å²) in [5.41, 5.74) is 1.72. The van der Waals surface area contributed by atoms with Crippen molar-refractivity contribution in [2.45, 2.75) is 19.9 Å². The van der Waals surface area contributed by atoms with Gasteiger partial charge in [-0.3, -0.25) is 9.36 Å². The molecule has 1 aliphatic heterocycles. The molecule has 1 unspecified atom stereocenters. The Bertz CT molecular complexity index is 989. The van der Waals surface area contributed by atoms with Crippen molar-refractivity contribution < 1.29 is 14.3 Å². The number of nitrogens with zero attached hydrogens (tertiary/aromatic N) is 4. The van der Waals surface area contributed by atoms with Gasteiger partial charge >= 0.3 is 0 Å². The first kappa shape index (κ1) is 17.8. The Labute approximate surface area is 161 Å². The number of amides is 1. The average Bonchev–Trinajstić information content (AvgIpc) is 3.37. The van der Waals surface area contributed by atoms with Crippen molar-refractivity contribution in [2.24, 2.45) is 0 Å². The molecular weight excluding hydrogens is 360 g/mol. The van der Waals surface area contributed by atoms with Crippen molar-refractivity contribution in [3.8, 4) is 17.3 Å². The molecular formula is C19H20N6O3. The summed E-state index contributed by atoms with van der Waals surface area (Å²) < 4.78 is 12.5. The standard InChI is InChI=1S/C19H20N6O3/c1-12-7-17(25-6-5-20-10-25)24-19(22-12)21-9-18(26)23-13(2)14-3-4-15-16(8-14)28-11-27-15/h3-8,10,13H,9,11H2,1-2H3,(H,23,26)(H,21,22,24). The van der Waals surface area contributed by atoms with E-state index in [4.69, 9.17) is 9.47 Å². The van der Waals surface area contributed by atoms with E-state index in [1.165, 1.54) is 0 Å². The highest BCUT2D eigenvalue weighted by atomic mass is 16.7. The molecule has 3 heterocycles. The Morgan fingerprint density at radius 3 is 2.93 bits per heavy atom. The number of ether oxygens (including phenoxy) is 2. The van der Waals surface area contributed by atoms with Crippen LogP contribution in [0.3, 0.4) is 0 Å². The number of aromatic nitrogens is 4. The van der Waals surface area contributed by atoms with Crippen molar-refractivity contribution in [2.75, 3.05) is 18.7 Å². The van der Waals surface area contributed by atoms with Crippen molar-refractivity contribution in [3.63, 3.8) is 0 Å². The Hall–Kier alpha value is -3.62. The number of nitrogens with one attached hydrogen (secondary N) is 2. The largest absolute Gasteiger partial charge is 0.454 e. The number of imidazole rings is 1. The van der Waals surface area contributed by atoms with Crippen molar-refractivity contribution >= 4 is 11.9 Å². The Balaban J connectivity index is 1.37. The molecule has 0 spiro atoms. The Kier molecular flexibility index (Phi) is 4.79. The lowest BCUT2D eigenvalue weighted by molar-refractivity contribution is -0.120. The van der Waals surface area contributed by atoms with Gasteiger partial charge in [-0.15, -0.1) is 0 Å². The van der Waals surface area contributed by atoms with Crippen LogP contribution in [-0.4, -0.2) is 38.8 Å². The van der Waals surface area contributed by atoms with Gasteiger partial charge in [-0.05, 0) is 31.5 Å². The molecule has 1 amide bonds. The van der Waals surface area contributed by atoms with E-state index in [1.807, 2.05) is 38.1 Å². The van der Waals surface area contributed by atoms with E-state index in [-0.39, 0.29) is 25.3 Å². The summed E-state index contributed by atoms with van der Waals surface area (Å²) in [4.78, 5) is 25.1. The number of hydrogen-bond donors (Lipinski definition) is 2. The van der Waals surface area contributed by atoms with E-state index >= 15 is 0 Å². The number of hydrogen-bond acceptors (Lipinski definition) is 7. The Morgan fingerprint density at radius 1 is 1.25 bits per heavy atom. The maximum atomic E-state index is 12.3. The van der Waals surface area contributed by atoms with Crippen LogP contribution < -0.4 is 20.1 Å². The molecule has 0 aliphatic carbocycles. The molecule has 2 aromatic heterocycles. The quantitative estimate of drug-likeness (QED) is 0.674. The lowest BCUT2D eigenvalue weighted by Crippen LogP contribution is -2.32. The van der Waals surface area contributed by atoms with Gasteiger partial charge in [0.1, 0.15) is 12.1 Å². The monoisotopic (exact) mass is 380 g/mol. The van der Waals surface area contributed by atoms with Gasteiger partial charge in [-0.25, -0.2) is 9.97 Å². The van der Waals surface area contributed by atoms with E-state index < -0.39 is 0 Å². The first-order chi connectivity index (χ1) is 13.6. The van der Waals surface area contributed by atoms with Crippen molar-refractivity contribution in [1.29, 1.82) is 0 Å². The SMILES string of the molecule is Cc1cc(-n2ccnc2)nc(NCC(=O)NC(C)c2ccc3c(c2)OCO3)n1. The van der Waals surface area contributed by atoms with E-state index in [0.717, 1.165) is 11.3 Å². The van der Waals surface area contributed by atoms with E-state index in [2.05, 4.69) is 25.6 Å². The molecule has 0 saturated heterocycles. The minimum absolute atomic E-state index is 0.0573. The van der Waals surface area contributed by atoms with Gasteiger partial charge in [0, 0.05) is 24.2 Å². The smallest absolute Gasteiger partial charge is 0.239 e. The molecule has 0 saturated carbocycles. The molecule has 0 radical (unpaired) electrons. The fraction of sp³-hybridized carbons (Fsp3) is 0.263. The molecule has 0 fully saturated rings. The summed E-state index contributed by atoms with van der Waals surface area (Å²) in [6.07, 6.45) is 5.13. The van der Waals surface area contributed by atoms with Gasteiger partial charge in [0.05, 0.1) is 12.6 Å². The Morgan fingerprint density at radius 2 is 2.11 bits per heavy atom. The molecule has 0 bridgehead atoms. The van der Waals surface area contributed by atoms with Gasteiger partial charge in [0.25, 0.3) is 0 Å². The van der Waals surface area contributed by atoms with E-state index in [1.54, 1.807) is 23.3 Å². The minimum atomic E-state index is -0.177. The molecule has 144 valence electrons. The zero-order chi connectivity index (χ0) is 19.5. The minimum Gasteiger partial charge on any atom is -0.454 e. The molecule has 1 aromatic carbocycles. The third-order valence-corrected chi connectivity index (χ3v) is 4.29. The number of fused-ring (bicyclic) bond motifs is 1. The predicted molar refractivity (Wildman–Crippen MR) is 102 cm³/mol. The number of carbonyl (C=O) groups excluding carboxylic acids is 1. The first-order valence-corrected chi connectivity index (χ1v) is 8.85. The van der Waals surface area contributed by atoms with Gasteiger partial charge in [-0.1, -0.05) is 6.07 Å². The van der Waals surface area contributed by atoms with Crippen LogP contribution in [0.15, 0.2) is 43.0 Å². The van der Waals surface area contributed by atoms with Crippen LogP contribution in [0, 0.1) is 6.92 Å². The number of anilines is 1. The van der Waals surface area contributed by atoms with Crippen LogP contribution >= 0.6 is 0 Å². The third kappa shape index (κ3) is 3.88. The van der Waals surface area contributed by atoms with Crippen LogP contribution in [0.5, 0.6) is 11.5 Å². The molecule has 4 rings (SSSR count).